The molecular formula is C22H25FN2O5. The maximum atomic E-state index is 12.9. The molecule has 1 N–H and O–H groups in total. The van der Waals surface area contributed by atoms with Crippen LogP contribution in [0.25, 0.3) is 0 Å². The molecule has 7 nitrogen and oxygen atoms in total. The third-order valence-corrected chi connectivity index (χ3v) is 4.20. The number of benzene rings is 2. The molecule has 0 saturated carbocycles. The van der Waals surface area contributed by atoms with Crippen LogP contribution >= 0.6 is 0 Å². The second-order valence-corrected chi connectivity index (χ2v) is 6.83. The van der Waals surface area contributed by atoms with Crippen LogP contribution in [0, 0.1) is 19.7 Å². The number of nitrogens with one attached hydrogen (secondary N) is 1. The molecule has 160 valence electrons. The van der Waals surface area contributed by atoms with Gasteiger partial charge in [0.25, 0.3) is 5.91 Å². The van der Waals surface area contributed by atoms with Crippen LogP contribution in [0.4, 0.5) is 10.1 Å². The summed E-state index contributed by atoms with van der Waals surface area (Å²) in [7, 11) is 1.42. The molecule has 8 heteroatoms. The largest absolute Gasteiger partial charge is 0.493 e. The van der Waals surface area contributed by atoms with Gasteiger partial charge in [0.2, 0.25) is 5.91 Å². The lowest BCUT2D eigenvalue weighted by atomic mass is 10.1. The molecule has 0 aromatic heterocycles. The Morgan fingerprint density at radius 3 is 2.47 bits per heavy atom. The number of likely N-dealkylation sites (N-methyl/N-ethyl adjacent to an activating group) is 1. The van der Waals surface area contributed by atoms with E-state index in [-0.39, 0.29) is 19.6 Å². The molecule has 0 fully saturated rings. The zero-order valence-corrected chi connectivity index (χ0v) is 17.2. The van der Waals surface area contributed by atoms with E-state index in [1.54, 1.807) is 0 Å². The van der Waals surface area contributed by atoms with Gasteiger partial charge in [0.05, 0.1) is 19.6 Å². The molecule has 0 radical (unpaired) electrons. The summed E-state index contributed by atoms with van der Waals surface area (Å²) >= 11 is 0. The lowest BCUT2D eigenvalue weighted by Gasteiger charge is -2.17. The van der Waals surface area contributed by atoms with Crippen LogP contribution in [0.5, 0.6) is 5.75 Å². The Kier molecular flexibility index (Phi) is 8.34. The highest BCUT2D eigenvalue weighted by atomic mass is 19.1. The molecular weight excluding hydrogens is 391 g/mol. The van der Waals surface area contributed by atoms with E-state index < -0.39 is 30.2 Å². The topological polar surface area (TPSA) is 84.9 Å². The molecule has 0 unspecified atom stereocenters. The summed E-state index contributed by atoms with van der Waals surface area (Å²) in [6.45, 7) is 3.29. The Morgan fingerprint density at radius 1 is 1.07 bits per heavy atom. The van der Waals surface area contributed by atoms with Crippen LogP contribution < -0.4 is 10.1 Å². The molecule has 0 saturated heterocycles. The molecule has 0 aliphatic carbocycles. The van der Waals surface area contributed by atoms with Gasteiger partial charge >= 0.3 is 5.97 Å². The van der Waals surface area contributed by atoms with E-state index in [2.05, 4.69) is 5.32 Å². The highest BCUT2D eigenvalue weighted by molar-refractivity contribution is 5.94. The Balaban J connectivity index is 1.68. The molecule has 2 rings (SSSR count). The molecule has 2 aromatic carbocycles. The first-order valence-corrected chi connectivity index (χ1v) is 9.39. The van der Waals surface area contributed by atoms with Crippen LogP contribution in [0.2, 0.25) is 0 Å². The van der Waals surface area contributed by atoms with Crippen molar-refractivity contribution in [2.45, 2.75) is 20.3 Å². The molecule has 0 aliphatic rings. The summed E-state index contributed by atoms with van der Waals surface area (Å²) in [6.07, 6.45) is -0.00453. The van der Waals surface area contributed by atoms with E-state index in [4.69, 9.17) is 9.47 Å². The van der Waals surface area contributed by atoms with Crippen LogP contribution in [0.1, 0.15) is 17.5 Å². The van der Waals surface area contributed by atoms with Crippen LogP contribution in [-0.4, -0.2) is 49.5 Å². The second-order valence-electron chi connectivity index (χ2n) is 6.83. The van der Waals surface area contributed by atoms with Gasteiger partial charge in [0.15, 0.2) is 6.61 Å². The summed E-state index contributed by atoms with van der Waals surface area (Å²) in [5, 5.41) is 2.55. The Labute approximate surface area is 174 Å². The third-order valence-electron chi connectivity index (χ3n) is 4.20. The van der Waals surface area contributed by atoms with Crippen molar-refractivity contribution in [3.05, 3.63) is 59.4 Å². The average Bonchev–Trinajstić information content (AvgIpc) is 2.70. The smallest absolute Gasteiger partial charge is 0.309 e. The molecule has 0 atom stereocenters. The summed E-state index contributed by atoms with van der Waals surface area (Å²) in [5.74, 6) is -1.26. The maximum absolute atomic E-state index is 12.9. The Bertz CT molecular complexity index is 899. The van der Waals surface area contributed by atoms with Crippen molar-refractivity contribution in [2.24, 2.45) is 0 Å². The van der Waals surface area contributed by atoms with Crippen LogP contribution in [0.15, 0.2) is 42.5 Å². The number of anilines is 1. The fourth-order valence-corrected chi connectivity index (χ4v) is 2.47. The van der Waals surface area contributed by atoms with E-state index in [0.717, 1.165) is 16.0 Å². The van der Waals surface area contributed by atoms with Gasteiger partial charge in [-0.3, -0.25) is 14.4 Å². The van der Waals surface area contributed by atoms with E-state index >= 15 is 0 Å². The van der Waals surface area contributed by atoms with Crippen molar-refractivity contribution in [1.82, 2.24) is 4.90 Å². The van der Waals surface area contributed by atoms with Crippen molar-refractivity contribution in [3.63, 3.8) is 0 Å². The summed E-state index contributed by atoms with van der Waals surface area (Å²) < 4.78 is 23.4. The van der Waals surface area contributed by atoms with Gasteiger partial charge in [0, 0.05) is 12.7 Å². The first-order chi connectivity index (χ1) is 14.2. The quantitative estimate of drug-likeness (QED) is 0.636. The minimum atomic E-state index is -0.571. The normalized spacial score (nSPS) is 10.3. The van der Waals surface area contributed by atoms with Gasteiger partial charge in [-0.25, -0.2) is 4.39 Å². The fourth-order valence-electron chi connectivity index (χ4n) is 2.47. The van der Waals surface area contributed by atoms with E-state index in [1.165, 1.54) is 31.3 Å². The summed E-state index contributed by atoms with van der Waals surface area (Å²) in [4.78, 5) is 37.0. The predicted octanol–water partition coefficient (Wildman–Crippen LogP) is 2.85. The van der Waals surface area contributed by atoms with Gasteiger partial charge in [-0.2, -0.15) is 0 Å². The van der Waals surface area contributed by atoms with Gasteiger partial charge in [-0.1, -0.05) is 12.1 Å². The maximum Gasteiger partial charge on any atom is 0.309 e. The SMILES string of the molecule is Cc1ccc(C)c(OCCC(=O)OCC(=O)N(C)CC(=O)Nc2ccc(F)cc2)c1. The van der Waals surface area contributed by atoms with E-state index in [0.29, 0.717) is 11.4 Å². The average molecular weight is 416 g/mol. The molecule has 0 aliphatic heterocycles. The van der Waals surface area contributed by atoms with Crippen molar-refractivity contribution in [2.75, 3.05) is 32.1 Å². The monoisotopic (exact) mass is 416 g/mol. The number of carbonyl (C=O) groups excluding carboxylic acids is 3. The first-order valence-electron chi connectivity index (χ1n) is 9.39. The zero-order chi connectivity index (χ0) is 22.1. The summed E-state index contributed by atoms with van der Waals surface area (Å²) in [6, 6.07) is 11.1. The van der Waals surface area contributed by atoms with Crippen molar-refractivity contribution in [3.8, 4) is 5.75 Å². The second kappa shape index (κ2) is 10.9. The van der Waals surface area contributed by atoms with Crippen molar-refractivity contribution < 1.29 is 28.2 Å². The Morgan fingerprint density at radius 2 is 1.77 bits per heavy atom. The van der Waals surface area contributed by atoms with E-state index in [9.17, 15) is 18.8 Å². The number of hydrogen-bond donors (Lipinski definition) is 1. The number of amides is 2. The number of hydrogen-bond acceptors (Lipinski definition) is 5. The third kappa shape index (κ3) is 7.54. The minimum absolute atomic E-state index is 0.00453. The number of carbonyl (C=O) groups is 3. The number of aryl methyl sites for hydroxylation is 2. The summed E-state index contributed by atoms with van der Waals surface area (Å²) in [5.41, 5.74) is 2.43. The first kappa shape index (κ1) is 22.9. The molecule has 2 aromatic rings. The van der Waals surface area contributed by atoms with Gasteiger partial charge < -0.3 is 19.7 Å². The highest BCUT2D eigenvalue weighted by Gasteiger charge is 2.15. The molecule has 30 heavy (non-hydrogen) atoms. The highest BCUT2D eigenvalue weighted by Crippen LogP contribution is 2.19. The molecule has 0 bridgehead atoms. The van der Waals surface area contributed by atoms with Crippen molar-refractivity contribution >= 4 is 23.5 Å². The lowest BCUT2D eigenvalue weighted by Crippen LogP contribution is -2.37. The number of halogens is 1. The van der Waals surface area contributed by atoms with E-state index in [1.807, 2.05) is 32.0 Å². The van der Waals surface area contributed by atoms with Gasteiger partial charge in [0.1, 0.15) is 11.6 Å². The fraction of sp³-hybridized carbons (Fsp3) is 0.318. The molecule has 2 amide bonds. The number of ether oxygens (including phenoxy) is 2. The molecule has 0 heterocycles. The van der Waals surface area contributed by atoms with Crippen molar-refractivity contribution in [1.29, 1.82) is 0 Å². The van der Waals surface area contributed by atoms with Crippen LogP contribution in [-0.2, 0) is 19.1 Å². The number of nitrogens with zero attached hydrogens (tertiary/aromatic N) is 1. The van der Waals surface area contributed by atoms with Gasteiger partial charge in [-0.05, 0) is 55.3 Å². The Hall–Kier alpha value is -3.42. The number of esters is 1. The van der Waals surface area contributed by atoms with Gasteiger partial charge in [-0.15, -0.1) is 0 Å². The lowest BCUT2D eigenvalue weighted by molar-refractivity contribution is -0.152. The minimum Gasteiger partial charge on any atom is -0.493 e. The number of rotatable bonds is 9. The zero-order valence-electron chi connectivity index (χ0n) is 17.2. The predicted molar refractivity (Wildman–Crippen MR) is 110 cm³/mol. The van der Waals surface area contributed by atoms with Crippen LogP contribution in [0.3, 0.4) is 0 Å². The molecule has 0 spiro atoms. The standard InChI is InChI=1S/C22H25FN2O5/c1-15-4-5-16(2)19(12-15)29-11-10-22(28)30-14-21(27)25(3)13-20(26)24-18-8-6-17(23)7-9-18/h4-9,12H,10-11,13-14H2,1-3H3,(H,24,26).